The summed E-state index contributed by atoms with van der Waals surface area (Å²) >= 11 is 0. The van der Waals surface area contributed by atoms with E-state index in [1.165, 1.54) is 6.07 Å². The van der Waals surface area contributed by atoms with Crippen molar-refractivity contribution in [2.45, 2.75) is 19.6 Å². The van der Waals surface area contributed by atoms with Gasteiger partial charge in [0.1, 0.15) is 11.5 Å². The average Bonchev–Trinajstić information content (AvgIpc) is 2.90. The second-order valence-corrected chi connectivity index (χ2v) is 3.92. The lowest BCUT2D eigenvalue weighted by Crippen LogP contribution is -2.22. The number of rotatable bonds is 6. The fraction of sp³-hybridized carbons (Fsp3) is 0.286. The lowest BCUT2D eigenvalue weighted by atomic mass is 10.0. The third-order valence-corrected chi connectivity index (χ3v) is 2.68. The molecule has 1 N–H and O–H groups in total. The van der Waals surface area contributed by atoms with E-state index in [0.29, 0.717) is 17.9 Å². The lowest BCUT2D eigenvalue weighted by Gasteiger charge is -2.19. The number of para-hydroxylation sites is 1. The highest BCUT2D eigenvalue weighted by molar-refractivity contribution is 5.39. The minimum atomic E-state index is -2.85. The topological polar surface area (TPSA) is 34.4 Å². The standard InChI is InChI=1S/C14H15F2NO2/c1-2-17-13(12-8-5-9-18-12)10-6-3-4-7-11(10)19-14(15)16/h3-9,13-14,17H,2H2,1H3. The fourth-order valence-corrected chi connectivity index (χ4v) is 1.95. The van der Waals surface area contributed by atoms with Gasteiger partial charge in [0, 0.05) is 5.56 Å². The first kappa shape index (κ1) is 13.5. The molecule has 0 aliphatic heterocycles. The molecule has 2 rings (SSSR count). The van der Waals surface area contributed by atoms with Gasteiger partial charge in [-0.2, -0.15) is 8.78 Å². The largest absolute Gasteiger partial charge is 0.467 e. The molecule has 0 amide bonds. The van der Waals surface area contributed by atoms with Crippen LogP contribution in [-0.4, -0.2) is 13.2 Å². The van der Waals surface area contributed by atoms with Gasteiger partial charge in [0.05, 0.1) is 12.3 Å². The number of halogens is 2. The Morgan fingerprint density at radius 2 is 2.00 bits per heavy atom. The number of hydrogen-bond donors (Lipinski definition) is 1. The Labute approximate surface area is 110 Å². The maximum atomic E-state index is 12.4. The monoisotopic (exact) mass is 267 g/mol. The predicted octanol–water partition coefficient (Wildman–Crippen LogP) is 3.58. The minimum absolute atomic E-state index is 0.153. The molecule has 5 heteroatoms. The highest BCUT2D eigenvalue weighted by Gasteiger charge is 2.21. The zero-order chi connectivity index (χ0) is 13.7. The van der Waals surface area contributed by atoms with Crippen molar-refractivity contribution in [1.29, 1.82) is 0 Å². The van der Waals surface area contributed by atoms with Crippen LogP contribution in [0.25, 0.3) is 0 Å². The Morgan fingerprint density at radius 1 is 1.21 bits per heavy atom. The first-order valence-electron chi connectivity index (χ1n) is 6.03. The van der Waals surface area contributed by atoms with Gasteiger partial charge in [-0.15, -0.1) is 0 Å². The van der Waals surface area contributed by atoms with Crippen LogP contribution in [0.5, 0.6) is 5.75 Å². The van der Waals surface area contributed by atoms with E-state index in [-0.39, 0.29) is 11.8 Å². The molecule has 1 heterocycles. The first-order chi connectivity index (χ1) is 9.22. The van der Waals surface area contributed by atoms with E-state index < -0.39 is 6.61 Å². The first-order valence-corrected chi connectivity index (χ1v) is 6.03. The number of ether oxygens (including phenoxy) is 1. The van der Waals surface area contributed by atoms with E-state index in [1.54, 1.807) is 36.6 Å². The van der Waals surface area contributed by atoms with Gasteiger partial charge in [0.15, 0.2) is 0 Å². The van der Waals surface area contributed by atoms with Crippen LogP contribution in [0.4, 0.5) is 8.78 Å². The number of alkyl halides is 2. The molecule has 0 saturated heterocycles. The van der Waals surface area contributed by atoms with Crippen LogP contribution in [0.1, 0.15) is 24.3 Å². The SMILES string of the molecule is CCNC(c1ccco1)c1ccccc1OC(F)F. The molecule has 1 atom stereocenters. The summed E-state index contributed by atoms with van der Waals surface area (Å²) in [7, 11) is 0. The summed E-state index contributed by atoms with van der Waals surface area (Å²) in [6, 6.07) is 9.95. The molecule has 0 aliphatic carbocycles. The lowest BCUT2D eigenvalue weighted by molar-refractivity contribution is -0.0506. The van der Waals surface area contributed by atoms with Crippen LogP contribution in [-0.2, 0) is 0 Å². The van der Waals surface area contributed by atoms with Gasteiger partial charge in [-0.1, -0.05) is 25.1 Å². The Hall–Kier alpha value is -1.88. The van der Waals surface area contributed by atoms with Crippen LogP contribution in [0.15, 0.2) is 47.1 Å². The molecule has 1 unspecified atom stereocenters. The smallest absolute Gasteiger partial charge is 0.387 e. The maximum Gasteiger partial charge on any atom is 0.387 e. The fourth-order valence-electron chi connectivity index (χ4n) is 1.95. The molecule has 1 aromatic carbocycles. The van der Waals surface area contributed by atoms with E-state index in [0.717, 1.165) is 0 Å². The molecule has 1 aromatic heterocycles. The summed E-state index contributed by atoms with van der Waals surface area (Å²) < 4.78 is 34.8. The molecule has 102 valence electrons. The summed E-state index contributed by atoms with van der Waals surface area (Å²) in [5, 5.41) is 3.20. The maximum absolute atomic E-state index is 12.4. The second-order valence-electron chi connectivity index (χ2n) is 3.92. The van der Waals surface area contributed by atoms with Crippen LogP contribution in [0, 0.1) is 0 Å². The molecule has 0 fully saturated rings. The molecule has 0 spiro atoms. The molecule has 19 heavy (non-hydrogen) atoms. The Morgan fingerprint density at radius 3 is 2.63 bits per heavy atom. The van der Waals surface area contributed by atoms with Crippen LogP contribution < -0.4 is 10.1 Å². The van der Waals surface area contributed by atoms with Crippen LogP contribution >= 0.6 is 0 Å². The second kappa shape index (κ2) is 6.33. The van der Waals surface area contributed by atoms with Gasteiger partial charge >= 0.3 is 6.61 Å². The van der Waals surface area contributed by atoms with Crippen LogP contribution in [0.2, 0.25) is 0 Å². The zero-order valence-electron chi connectivity index (χ0n) is 10.5. The van der Waals surface area contributed by atoms with Crippen molar-refractivity contribution in [2.24, 2.45) is 0 Å². The molecule has 2 aromatic rings. The van der Waals surface area contributed by atoms with Gasteiger partial charge in [0.2, 0.25) is 0 Å². The normalized spacial score (nSPS) is 12.6. The van der Waals surface area contributed by atoms with Crippen molar-refractivity contribution in [3.05, 3.63) is 54.0 Å². The van der Waals surface area contributed by atoms with Crippen molar-refractivity contribution in [3.63, 3.8) is 0 Å². The minimum Gasteiger partial charge on any atom is -0.467 e. The Kier molecular flexibility index (Phi) is 4.52. The van der Waals surface area contributed by atoms with Gasteiger partial charge in [-0.05, 0) is 24.7 Å². The van der Waals surface area contributed by atoms with E-state index in [9.17, 15) is 8.78 Å². The van der Waals surface area contributed by atoms with Gasteiger partial charge in [0.25, 0.3) is 0 Å². The van der Waals surface area contributed by atoms with Gasteiger partial charge < -0.3 is 14.5 Å². The van der Waals surface area contributed by atoms with Gasteiger partial charge in [-0.3, -0.25) is 0 Å². The highest BCUT2D eigenvalue weighted by atomic mass is 19.3. The van der Waals surface area contributed by atoms with Gasteiger partial charge in [-0.25, -0.2) is 0 Å². The van der Waals surface area contributed by atoms with Crippen molar-refractivity contribution >= 4 is 0 Å². The molecule has 0 aliphatic rings. The number of benzene rings is 1. The van der Waals surface area contributed by atoms with Crippen molar-refractivity contribution < 1.29 is 17.9 Å². The van der Waals surface area contributed by atoms with Crippen molar-refractivity contribution in [3.8, 4) is 5.75 Å². The van der Waals surface area contributed by atoms with E-state index in [2.05, 4.69) is 10.1 Å². The summed E-state index contributed by atoms with van der Waals surface area (Å²) in [5.41, 5.74) is 0.625. The highest BCUT2D eigenvalue weighted by Crippen LogP contribution is 2.31. The number of hydrogen-bond acceptors (Lipinski definition) is 3. The van der Waals surface area contributed by atoms with Crippen molar-refractivity contribution in [2.75, 3.05) is 6.54 Å². The van der Waals surface area contributed by atoms with E-state index in [1.807, 2.05) is 6.92 Å². The number of nitrogens with one attached hydrogen (secondary N) is 1. The van der Waals surface area contributed by atoms with Crippen LogP contribution in [0.3, 0.4) is 0 Å². The summed E-state index contributed by atoms with van der Waals surface area (Å²) in [4.78, 5) is 0. The molecule has 0 radical (unpaired) electrons. The Balaban J connectivity index is 2.36. The third kappa shape index (κ3) is 3.32. The summed E-state index contributed by atoms with van der Waals surface area (Å²) in [5.74, 6) is 0.812. The molecular weight excluding hydrogens is 252 g/mol. The van der Waals surface area contributed by atoms with Crippen molar-refractivity contribution in [1.82, 2.24) is 5.32 Å². The molecule has 0 saturated carbocycles. The average molecular weight is 267 g/mol. The van der Waals surface area contributed by atoms with E-state index in [4.69, 9.17) is 4.42 Å². The third-order valence-electron chi connectivity index (χ3n) is 2.68. The molecule has 0 bridgehead atoms. The van der Waals surface area contributed by atoms with E-state index >= 15 is 0 Å². The number of furan rings is 1. The predicted molar refractivity (Wildman–Crippen MR) is 67.3 cm³/mol. The summed E-state index contributed by atoms with van der Waals surface area (Å²) in [6.07, 6.45) is 1.55. The summed E-state index contributed by atoms with van der Waals surface area (Å²) in [6.45, 7) is -0.235. The zero-order valence-corrected chi connectivity index (χ0v) is 10.5. The molecule has 3 nitrogen and oxygen atoms in total. The quantitative estimate of drug-likeness (QED) is 0.868. The Bertz CT molecular complexity index is 500. The molecular formula is C14H15F2NO2.